The minimum Gasteiger partial charge on any atom is -0.479 e. The number of carboxylic acids is 1. The number of esters is 1. The van der Waals surface area contributed by atoms with Gasteiger partial charge in [-0.2, -0.15) is 12.6 Å². The first-order valence-corrected chi connectivity index (χ1v) is 7.59. The number of hydrogen-bond donors (Lipinski definition) is 2. The van der Waals surface area contributed by atoms with Crippen LogP contribution >= 0.6 is 12.6 Å². The lowest BCUT2D eigenvalue weighted by Gasteiger charge is -2.36. The van der Waals surface area contributed by atoms with E-state index in [0.29, 0.717) is 6.54 Å². The molecule has 0 radical (unpaired) electrons. The van der Waals surface area contributed by atoms with Gasteiger partial charge in [-0.25, -0.2) is 9.59 Å². The number of rotatable bonds is 6. The van der Waals surface area contributed by atoms with Gasteiger partial charge in [-0.3, -0.25) is 4.90 Å². The molecule has 1 rings (SSSR count). The topological polar surface area (TPSA) is 66.8 Å². The van der Waals surface area contributed by atoms with Crippen molar-refractivity contribution in [3.63, 3.8) is 0 Å². The second-order valence-corrected chi connectivity index (χ2v) is 6.48. The van der Waals surface area contributed by atoms with E-state index in [0.717, 1.165) is 5.56 Å². The number of carboxylic acid groups (broad SMARTS) is 1. The molecule has 0 aliphatic carbocycles. The van der Waals surface area contributed by atoms with E-state index in [4.69, 9.17) is 4.74 Å². The SMILES string of the molecule is CN(Cc1ccccc1)[C@@](CS)(C(=O)O)C(=O)OC(C)(C)C. The fourth-order valence-electron chi connectivity index (χ4n) is 2.01. The van der Waals surface area contributed by atoms with Gasteiger partial charge in [0.05, 0.1) is 0 Å². The molecule has 0 aliphatic heterocycles. The highest BCUT2D eigenvalue weighted by Crippen LogP contribution is 2.24. The molecule has 1 N–H and O–H groups in total. The van der Waals surface area contributed by atoms with Crippen molar-refractivity contribution < 1.29 is 19.4 Å². The van der Waals surface area contributed by atoms with E-state index in [1.807, 2.05) is 30.3 Å². The van der Waals surface area contributed by atoms with E-state index in [1.165, 1.54) is 4.90 Å². The van der Waals surface area contributed by atoms with Crippen molar-refractivity contribution in [1.82, 2.24) is 4.90 Å². The summed E-state index contributed by atoms with van der Waals surface area (Å²) in [6.07, 6.45) is 0. The van der Waals surface area contributed by atoms with E-state index in [1.54, 1.807) is 27.8 Å². The van der Waals surface area contributed by atoms with Crippen molar-refractivity contribution in [2.45, 2.75) is 38.5 Å². The third-order valence-electron chi connectivity index (χ3n) is 3.23. The van der Waals surface area contributed by atoms with Crippen LogP contribution in [0.25, 0.3) is 0 Å². The van der Waals surface area contributed by atoms with Crippen LogP contribution in [-0.4, -0.2) is 45.9 Å². The molecular formula is C16H23NO4S. The Bertz CT molecular complexity index is 527. The van der Waals surface area contributed by atoms with E-state index >= 15 is 0 Å². The Morgan fingerprint density at radius 1 is 1.23 bits per heavy atom. The Morgan fingerprint density at radius 2 is 1.77 bits per heavy atom. The second kappa shape index (κ2) is 7.15. The van der Waals surface area contributed by atoms with E-state index in [9.17, 15) is 14.7 Å². The van der Waals surface area contributed by atoms with Crippen LogP contribution in [0.15, 0.2) is 30.3 Å². The zero-order valence-electron chi connectivity index (χ0n) is 13.4. The van der Waals surface area contributed by atoms with Crippen LogP contribution in [0, 0.1) is 0 Å². The van der Waals surface area contributed by atoms with E-state index in [2.05, 4.69) is 12.6 Å². The molecule has 1 aromatic rings. The number of benzene rings is 1. The molecular weight excluding hydrogens is 302 g/mol. The number of thiol groups is 1. The highest BCUT2D eigenvalue weighted by Gasteiger charge is 2.51. The second-order valence-electron chi connectivity index (χ2n) is 6.17. The molecule has 22 heavy (non-hydrogen) atoms. The highest BCUT2D eigenvalue weighted by atomic mass is 32.1. The van der Waals surface area contributed by atoms with Gasteiger partial charge in [-0.05, 0) is 33.4 Å². The summed E-state index contributed by atoms with van der Waals surface area (Å²) < 4.78 is 5.30. The molecule has 0 heterocycles. The third kappa shape index (κ3) is 4.24. The van der Waals surface area contributed by atoms with Crippen molar-refractivity contribution >= 4 is 24.6 Å². The van der Waals surface area contributed by atoms with Gasteiger partial charge >= 0.3 is 11.9 Å². The maximum atomic E-state index is 12.5. The summed E-state index contributed by atoms with van der Waals surface area (Å²) in [6, 6.07) is 9.34. The summed E-state index contributed by atoms with van der Waals surface area (Å²) in [7, 11) is 1.58. The summed E-state index contributed by atoms with van der Waals surface area (Å²) in [5.41, 5.74) is -1.69. The van der Waals surface area contributed by atoms with Crippen LogP contribution in [0.2, 0.25) is 0 Å². The molecule has 0 amide bonds. The quantitative estimate of drug-likeness (QED) is 0.477. The highest BCUT2D eigenvalue weighted by molar-refractivity contribution is 7.80. The lowest BCUT2D eigenvalue weighted by molar-refractivity contribution is -0.177. The predicted octanol–water partition coefficient (Wildman–Crippen LogP) is 2.21. The number of aliphatic carboxylic acids is 1. The molecule has 0 aromatic heterocycles. The van der Waals surface area contributed by atoms with Gasteiger partial charge in [0.1, 0.15) is 5.60 Å². The van der Waals surface area contributed by atoms with Gasteiger partial charge in [0.25, 0.3) is 0 Å². The van der Waals surface area contributed by atoms with Crippen molar-refractivity contribution in [2.75, 3.05) is 12.8 Å². The van der Waals surface area contributed by atoms with Crippen molar-refractivity contribution in [3.05, 3.63) is 35.9 Å². The number of carbonyl (C=O) groups excluding carboxylic acids is 1. The molecule has 122 valence electrons. The molecule has 6 heteroatoms. The number of ether oxygens (including phenoxy) is 1. The van der Waals surface area contributed by atoms with Crippen LogP contribution in [-0.2, 0) is 20.9 Å². The van der Waals surface area contributed by atoms with Gasteiger partial charge < -0.3 is 9.84 Å². The van der Waals surface area contributed by atoms with Gasteiger partial charge in [0.15, 0.2) is 0 Å². The number of carbonyl (C=O) groups is 2. The minimum absolute atomic E-state index is 0.180. The van der Waals surface area contributed by atoms with Gasteiger partial charge in [-0.15, -0.1) is 0 Å². The lowest BCUT2D eigenvalue weighted by Crippen LogP contribution is -2.61. The van der Waals surface area contributed by atoms with Gasteiger partial charge in [-0.1, -0.05) is 30.3 Å². The smallest absolute Gasteiger partial charge is 0.339 e. The molecule has 5 nitrogen and oxygen atoms in total. The van der Waals surface area contributed by atoms with Crippen LogP contribution in [0.1, 0.15) is 26.3 Å². The van der Waals surface area contributed by atoms with Crippen LogP contribution < -0.4 is 0 Å². The summed E-state index contributed by atoms with van der Waals surface area (Å²) in [6.45, 7) is 5.40. The summed E-state index contributed by atoms with van der Waals surface area (Å²) in [4.78, 5) is 25.8. The Hall–Kier alpha value is -1.53. The van der Waals surface area contributed by atoms with Crippen molar-refractivity contribution in [3.8, 4) is 0 Å². The third-order valence-corrected chi connectivity index (χ3v) is 3.69. The first kappa shape index (κ1) is 18.5. The average molecular weight is 325 g/mol. The fraction of sp³-hybridized carbons (Fsp3) is 0.500. The number of hydrogen-bond acceptors (Lipinski definition) is 5. The van der Waals surface area contributed by atoms with Crippen LogP contribution in [0.5, 0.6) is 0 Å². The summed E-state index contributed by atoms with van der Waals surface area (Å²) in [5.74, 6) is -2.25. The number of nitrogens with zero attached hydrogens (tertiary/aromatic N) is 1. The summed E-state index contributed by atoms with van der Waals surface area (Å²) in [5, 5.41) is 9.65. The molecule has 0 unspecified atom stereocenters. The molecule has 0 spiro atoms. The molecule has 0 bridgehead atoms. The molecule has 0 saturated heterocycles. The number of likely N-dealkylation sites (N-methyl/N-ethyl adjacent to an activating group) is 1. The molecule has 1 atom stereocenters. The Morgan fingerprint density at radius 3 is 2.18 bits per heavy atom. The van der Waals surface area contributed by atoms with Gasteiger partial charge in [0, 0.05) is 12.3 Å². The minimum atomic E-state index is -1.83. The van der Waals surface area contributed by atoms with Crippen molar-refractivity contribution in [1.29, 1.82) is 0 Å². The zero-order chi connectivity index (χ0) is 17.0. The molecule has 1 aromatic carbocycles. The average Bonchev–Trinajstić information content (AvgIpc) is 2.38. The maximum absolute atomic E-state index is 12.5. The Balaban J connectivity index is 3.10. The standard InChI is InChI=1S/C16H23NO4S/c1-15(2,3)21-14(20)16(11-22,13(18)19)17(4)10-12-8-6-5-7-9-12/h5-9,22H,10-11H2,1-4H3,(H,18,19)/t16-/m0/s1. The monoisotopic (exact) mass is 325 g/mol. The fourth-order valence-corrected chi connectivity index (χ4v) is 2.52. The van der Waals surface area contributed by atoms with Crippen LogP contribution in [0.4, 0.5) is 0 Å². The first-order chi connectivity index (χ1) is 10.1. The van der Waals surface area contributed by atoms with Crippen molar-refractivity contribution in [2.24, 2.45) is 0 Å². The van der Waals surface area contributed by atoms with E-state index in [-0.39, 0.29) is 5.75 Å². The molecule has 0 saturated carbocycles. The molecule has 0 fully saturated rings. The van der Waals surface area contributed by atoms with Gasteiger partial charge in [0.2, 0.25) is 5.54 Å². The molecule has 0 aliphatic rings. The predicted molar refractivity (Wildman–Crippen MR) is 88.0 cm³/mol. The van der Waals surface area contributed by atoms with Crippen LogP contribution in [0.3, 0.4) is 0 Å². The normalized spacial score (nSPS) is 14.5. The zero-order valence-corrected chi connectivity index (χ0v) is 14.3. The maximum Gasteiger partial charge on any atom is 0.339 e. The first-order valence-electron chi connectivity index (χ1n) is 6.96. The summed E-state index contributed by atoms with van der Waals surface area (Å²) >= 11 is 4.11. The Kier molecular flexibility index (Phi) is 6.02. The largest absolute Gasteiger partial charge is 0.479 e. The Labute approximate surface area is 136 Å². The van der Waals surface area contributed by atoms with E-state index < -0.39 is 23.1 Å². The lowest BCUT2D eigenvalue weighted by atomic mass is 9.98.